The average Bonchev–Trinajstić information content (AvgIpc) is 2.57. The number of nitrogens with zero attached hydrogens (tertiary/aromatic N) is 2. The summed E-state index contributed by atoms with van der Waals surface area (Å²) in [4.78, 5) is 38.8. The summed E-state index contributed by atoms with van der Waals surface area (Å²) < 4.78 is 19.6. The van der Waals surface area contributed by atoms with E-state index in [1.807, 2.05) is 0 Å². The molecule has 1 aliphatic rings. The summed E-state index contributed by atoms with van der Waals surface area (Å²) in [5.41, 5.74) is 0.440. The molecule has 0 amide bonds. The van der Waals surface area contributed by atoms with E-state index in [0.29, 0.717) is 0 Å². The maximum Gasteiger partial charge on any atom is 0.336 e. The molecule has 144 valence electrons. The third kappa shape index (κ3) is 4.79. The van der Waals surface area contributed by atoms with Gasteiger partial charge in [-0.25, -0.2) is 9.18 Å². The van der Waals surface area contributed by atoms with Crippen LogP contribution in [0.15, 0.2) is 40.5 Å². The zero-order valence-electron chi connectivity index (χ0n) is 15.1. The molecule has 2 atom stereocenters. The molecule has 0 saturated heterocycles. The van der Waals surface area contributed by atoms with E-state index in [2.05, 4.69) is 4.99 Å². The lowest BCUT2D eigenvalue weighted by atomic mass is 9.80. The minimum Gasteiger partial charge on any atom is -0.461 e. The summed E-state index contributed by atoms with van der Waals surface area (Å²) in [7, 11) is 0. The Balaban J connectivity index is 2.42. The molecule has 27 heavy (non-hydrogen) atoms. The molecule has 0 bridgehead atoms. The first-order valence-corrected chi connectivity index (χ1v) is 9.17. The highest BCUT2D eigenvalue weighted by Crippen LogP contribution is 2.38. The van der Waals surface area contributed by atoms with Crippen molar-refractivity contribution < 1.29 is 23.6 Å². The Morgan fingerprint density at radius 1 is 1.33 bits per heavy atom. The number of benzene rings is 1. The Bertz CT molecular complexity index is 837. The van der Waals surface area contributed by atoms with Crippen molar-refractivity contribution in [2.45, 2.75) is 32.7 Å². The first kappa shape index (κ1) is 20.8. The Labute approximate surface area is 159 Å². The van der Waals surface area contributed by atoms with Gasteiger partial charge in [-0.3, -0.25) is 19.9 Å². The van der Waals surface area contributed by atoms with Gasteiger partial charge in [0.25, 0.3) is 6.04 Å². The second kappa shape index (κ2) is 8.90. The number of rotatable bonds is 6. The second-order valence-corrected chi connectivity index (χ2v) is 7.23. The van der Waals surface area contributed by atoms with Gasteiger partial charge in [0.2, 0.25) is 0 Å². The molecule has 0 N–H and O–H groups in total. The first-order valence-electron chi connectivity index (χ1n) is 8.18. The summed E-state index contributed by atoms with van der Waals surface area (Å²) >= 11 is 0.998. The highest BCUT2D eigenvalue weighted by Gasteiger charge is 2.45. The van der Waals surface area contributed by atoms with Crippen molar-refractivity contribution in [1.29, 1.82) is 0 Å². The number of ether oxygens (including phenoxy) is 1. The van der Waals surface area contributed by atoms with Gasteiger partial charge in [0.15, 0.2) is 5.12 Å². The Kier molecular flexibility index (Phi) is 6.84. The van der Waals surface area contributed by atoms with Crippen molar-refractivity contribution in [3.05, 3.63) is 57.0 Å². The number of nitro groups is 1. The molecule has 0 saturated carbocycles. The lowest BCUT2D eigenvalue weighted by Crippen LogP contribution is -2.40. The Morgan fingerprint density at radius 3 is 2.59 bits per heavy atom. The summed E-state index contributed by atoms with van der Waals surface area (Å²) in [5.74, 6) is -2.33. The van der Waals surface area contributed by atoms with Crippen molar-refractivity contribution in [2.24, 2.45) is 4.99 Å². The van der Waals surface area contributed by atoms with E-state index in [1.54, 1.807) is 6.07 Å². The highest BCUT2D eigenvalue weighted by atomic mass is 32.2. The summed E-state index contributed by atoms with van der Waals surface area (Å²) in [5, 5.41) is 11.5. The maximum absolute atomic E-state index is 14.4. The number of hydrogen-bond donors (Lipinski definition) is 0. The predicted octanol–water partition coefficient (Wildman–Crippen LogP) is 3.13. The van der Waals surface area contributed by atoms with E-state index in [-0.39, 0.29) is 40.0 Å². The number of hydrogen-bond acceptors (Lipinski definition) is 7. The van der Waals surface area contributed by atoms with Gasteiger partial charge in [0.05, 0.1) is 17.2 Å². The van der Waals surface area contributed by atoms with Crippen LogP contribution >= 0.6 is 11.8 Å². The second-order valence-electron chi connectivity index (χ2n) is 5.96. The smallest absolute Gasteiger partial charge is 0.336 e. The highest BCUT2D eigenvalue weighted by molar-refractivity contribution is 8.13. The van der Waals surface area contributed by atoms with Crippen LogP contribution in [0.1, 0.15) is 32.3 Å². The number of carbonyl (C=O) groups is 2. The molecule has 1 aromatic rings. The van der Waals surface area contributed by atoms with Gasteiger partial charge in [-0.2, -0.15) is 0 Å². The third-order valence-corrected chi connectivity index (χ3v) is 4.88. The zero-order chi connectivity index (χ0) is 20.1. The van der Waals surface area contributed by atoms with Crippen LogP contribution in [0, 0.1) is 15.9 Å². The number of esters is 1. The van der Waals surface area contributed by atoms with Gasteiger partial charge in [0.1, 0.15) is 12.4 Å². The number of thioether (sulfide) groups is 1. The van der Waals surface area contributed by atoms with Crippen molar-refractivity contribution in [3.8, 4) is 0 Å². The molecule has 0 aliphatic carbocycles. The number of aliphatic imine (C=N–C) groups is 1. The largest absolute Gasteiger partial charge is 0.461 e. The molecular formula is C18H19FN2O5S. The van der Waals surface area contributed by atoms with Gasteiger partial charge in [-0.05, 0) is 19.9 Å². The quantitative estimate of drug-likeness (QED) is 0.318. The zero-order valence-corrected chi connectivity index (χ0v) is 15.9. The van der Waals surface area contributed by atoms with Crippen LogP contribution in [0.25, 0.3) is 0 Å². The Hall–Kier alpha value is -2.55. The fourth-order valence-corrected chi connectivity index (χ4v) is 3.47. The topological polar surface area (TPSA) is 98.9 Å². The van der Waals surface area contributed by atoms with E-state index >= 15 is 0 Å². The van der Waals surface area contributed by atoms with Crippen LogP contribution in [0.3, 0.4) is 0 Å². The fraction of sp³-hybridized carbons (Fsp3) is 0.389. The summed E-state index contributed by atoms with van der Waals surface area (Å²) in [6.45, 7) is 4.37. The maximum atomic E-state index is 14.4. The molecule has 2 unspecified atom stereocenters. The number of carbonyl (C=O) groups excluding carboxylic acids is 2. The lowest BCUT2D eigenvalue weighted by molar-refractivity contribution is -0.505. The molecule has 0 radical (unpaired) electrons. The number of halogens is 1. The third-order valence-electron chi connectivity index (χ3n) is 4.10. The monoisotopic (exact) mass is 394 g/mol. The minimum atomic E-state index is -1.38. The van der Waals surface area contributed by atoms with Gasteiger partial charge in [0, 0.05) is 28.9 Å². The van der Waals surface area contributed by atoms with Crippen molar-refractivity contribution in [3.63, 3.8) is 0 Å². The van der Waals surface area contributed by atoms with Crippen LogP contribution < -0.4 is 0 Å². The molecule has 0 spiro atoms. The lowest BCUT2D eigenvalue weighted by Gasteiger charge is -2.27. The van der Waals surface area contributed by atoms with E-state index in [9.17, 15) is 24.1 Å². The van der Waals surface area contributed by atoms with E-state index in [4.69, 9.17) is 4.74 Å². The van der Waals surface area contributed by atoms with Crippen molar-refractivity contribution in [2.75, 3.05) is 12.4 Å². The van der Waals surface area contributed by atoms with Crippen LogP contribution in [0.4, 0.5) is 4.39 Å². The molecule has 9 heteroatoms. The van der Waals surface area contributed by atoms with E-state index in [1.165, 1.54) is 39.0 Å². The average molecular weight is 394 g/mol. The number of allylic oxidation sites excluding steroid dienone is 1. The van der Waals surface area contributed by atoms with Crippen LogP contribution in [0.2, 0.25) is 0 Å². The minimum absolute atomic E-state index is 0.0397. The van der Waals surface area contributed by atoms with E-state index in [0.717, 1.165) is 11.8 Å². The molecule has 0 aromatic heterocycles. The molecular weight excluding hydrogens is 375 g/mol. The standard InChI is InChI=1S/C18H19FN2O5S/c1-10-15(18(23)26-8-9-27-12(3)22)16(13-6-4-5-7-14(13)19)17(21(24)25)11(2)20-10/h4-7,16-17H,8-9H2,1-3H3. The molecule has 0 fully saturated rings. The summed E-state index contributed by atoms with van der Waals surface area (Å²) in [6, 6.07) is 4.26. The van der Waals surface area contributed by atoms with Crippen molar-refractivity contribution >= 4 is 28.6 Å². The Morgan fingerprint density at radius 2 is 2.00 bits per heavy atom. The summed E-state index contributed by atoms with van der Waals surface area (Å²) in [6.07, 6.45) is 0. The van der Waals surface area contributed by atoms with Crippen LogP contribution in [-0.4, -0.2) is 40.1 Å². The normalized spacial score (nSPS) is 19.5. The van der Waals surface area contributed by atoms with Gasteiger partial charge in [-0.1, -0.05) is 30.0 Å². The van der Waals surface area contributed by atoms with Gasteiger partial charge >= 0.3 is 5.97 Å². The van der Waals surface area contributed by atoms with Gasteiger partial charge in [-0.15, -0.1) is 0 Å². The molecule has 2 rings (SSSR count). The van der Waals surface area contributed by atoms with Crippen molar-refractivity contribution in [1.82, 2.24) is 0 Å². The molecule has 1 aromatic carbocycles. The fourth-order valence-electron chi connectivity index (χ4n) is 3.01. The van der Waals surface area contributed by atoms with Crippen LogP contribution in [0.5, 0.6) is 0 Å². The van der Waals surface area contributed by atoms with Crippen LogP contribution in [-0.2, 0) is 14.3 Å². The first-order chi connectivity index (χ1) is 12.7. The molecule has 7 nitrogen and oxygen atoms in total. The SMILES string of the molecule is CC(=O)SCCOC(=O)C1=C(C)N=C(C)C([N+](=O)[O-])C1c1ccccc1F. The molecule has 1 heterocycles. The van der Waals surface area contributed by atoms with E-state index < -0.39 is 28.7 Å². The predicted molar refractivity (Wildman–Crippen MR) is 99.8 cm³/mol. The molecule has 1 aliphatic heterocycles. The van der Waals surface area contributed by atoms with Gasteiger partial charge < -0.3 is 4.74 Å².